The number of ether oxygens (including phenoxy) is 1. The molecular formula is C24H36O4S2. The molecular weight excluding hydrogens is 416 g/mol. The summed E-state index contributed by atoms with van der Waals surface area (Å²) in [4.78, 5) is 11.7. The number of carbonyl (C=O) groups is 1. The maximum absolute atomic E-state index is 11.7. The molecule has 0 aliphatic rings. The van der Waals surface area contributed by atoms with Crippen LogP contribution >= 0.6 is 23.5 Å². The highest BCUT2D eigenvalue weighted by Crippen LogP contribution is 2.16. The fourth-order valence-corrected chi connectivity index (χ4v) is 4.84. The van der Waals surface area contributed by atoms with Crippen molar-refractivity contribution < 1.29 is 18.4 Å². The van der Waals surface area contributed by atoms with Crippen molar-refractivity contribution in [1.29, 1.82) is 0 Å². The van der Waals surface area contributed by atoms with Crippen LogP contribution in [0.3, 0.4) is 0 Å². The lowest BCUT2D eigenvalue weighted by Crippen LogP contribution is -2.06. The molecule has 0 saturated heterocycles. The summed E-state index contributed by atoms with van der Waals surface area (Å²) in [5.74, 6) is 6.09. The van der Waals surface area contributed by atoms with E-state index >= 15 is 0 Å². The molecule has 30 heavy (non-hydrogen) atoms. The van der Waals surface area contributed by atoms with Gasteiger partial charge in [0.05, 0.1) is 30.6 Å². The van der Waals surface area contributed by atoms with Crippen molar-refractivity contribution >= 4 is 29.5 Å². The molecule has 0 spiro atoms. The first-order valence-electron chi connectivity index (χ1n) is 11.2. The molecule has 0 amide bonds. The molecule has 2 rings (SSSR count). The Labute approximate surface area is 189 Å². The van der Waals surface area contributed by atoms with Gasteiger partial charge in [-0.15, -0.1) is 0 Å². The second-order valence-corrected chi connectivity index (χ2v) is 9.63. The van der Waals surface area contributed by atoms with Gasteiger partial charge in [0.2, 0.25) is 0 Å². The van der Waals surface area contributed by atoms with Gasteiger partial charge in [0.25, 0.3) is 0 Å². The van der Waals surface area contributed by atoms with E-state index in [0.717, 1.165) is 48.0 Å². The van der Waals surface area contributed by atoms with E-state index < -0.39 is 0 Å². The smallest absolute Gasteiger partial charge is 0.305 e. The van der Waals surface area contributed by atoms with Crippen molar-refractivity contribution in [3.63, 3.8) is 0 Å². The minimum Gasteiger partial charge on any atom is -0.468 e. The largest absolute Gasteiger partial charge is 0.468 e. The van der Waals surface area contributed by atoms with E-state index in [1.807, 2.05) is 47.8 Å². The number of unbranched alkanes of at least 4 members (excludes halogenated alkanes) is 7. The molecule has 2 aromatic heterocycles. The lowest BCUT2D eigenvalue weighted by molar-refractivity contribution is -0.143. The monoisotopic (exact) mass is 452 g/mol. The quantitative estimate of drug-likeness (QED) is 0.163. The zero-order valence-electron chi connectivity index (χ0n) is 18.0. The van der Waals surface area contributed by atoms with Crippen molar-refractivity contribution in [3.05, 3.63) is 48.3 Å². The molecule has 0 saturated carbocycles. The molecule has 6 heteroatoms. The minimum atomic E-state index is -0.0434. The zero-order valence-corrected chi connectivity index (χ0v) is 19.7. The third kappa shape index (κ3) is 13.1. The van der Waals surface area contributed by atoms with Crippen molar-refractivity contribution in [2.24, 2.45) is 0 Å². The van der Waals surface area contributed by atoms with E-state index in [1.165, 1.54) is 44.3 Å². The van der Waals surface area contributed by atoms with Gasteiger partial charge in [-0.3, -0.25) is 4.79 Å². The first-order valence-corrected chi connectivity index (χ1v) is 13.5. The summed E-state index contributed by atoms with van der Waals surface area (Å²) < 4.78 is 15.9. The first kappa shape index (κ1) is 25.0. The van der Waals surface area contributed by atoms with Crippen LogP contribution < -0.4 is 0 Å². The third-order valence-electron chi connectivity index (χ3n) is 4.76. The van der Waals surface area contributed by atoms with Crippen LogP contribution in [0.4, 0.5) is 0 Å². The SMILES string of the molecule is O=C(CCCCCCCCCCSCc1ccco1)OCCCSCc1ccco1. The molecule has 2 heterocycles. The second kappa shape index (κ2) is 17.4. The predicted molar refractivity (Wildman–Crippen MR) is 127 cm³/mol. The molecule has 0 aliphatic heterocycles. The van der Waals surface area contributed by atoms with E-state index in [9.17, 15) is 4.79 Å². The highest BCUT2D eigenvalue weighted by atomic mass is 32.2. The maximum atomic E-state index is 11.7. The van der Waals surface area contributed by atoms with E-state index in [2.05, 4.69) is 0 Å². The van der Waals surface area contributed by atoms with Crippen molar-refractivity contribution in [2.75, 3.05) is 18.1 Å². The Morgan fingerprint density at radius 2 is 1.27 bits per heavy atom. The van der Waals surface area contributed by atoms with Crippen LogP contribution in [0.1, 0.15) is 75.7 Å². The summed E-state index contributed by atoms with van der Waals surface area (Å²) in [6.07, 6.45) is 14.7. The molecule has 0 N–H and O–H groups in total. The van der Waals surface area contributed by atoms with Gasteiger partial charge in [-0.05, 0) is 55.0 Å². The number of hydrogen-bond acceptors (Lipinski definition) is 6. The van der Waals surface area contributed by atoms with E-state index in [-0.39, 0.29) is 5.97 Å². The Kier molecular flexibility index (Phi) is 14.5. The first-order chi connectivity index (χ1) is 14.8. The van der Waals surface area contributed by atoms with Crippen LogP contribution in [-0.2, 0) is 21.0 Å². The normalized spacial score (nSPS) is 11.1. The third-order valence-corrected chi connectivity index (χ3v) is 6.90. The number of thioether (sulfide) groups is 2. The molecule has 0 aromatic carbocycles. The van der Waals surface area contributed by atoms with Gasteiger partial charge < -0.3 is 13.6 Å². The topological polar surface area (TPSA) is 52.6 Å². The van der Waals surface area contributed by atoms with E-state index in [4.69, 9.17) is 13.6 Å². The Hall–Kier alpha value is -1.27. The lowest BCUT2D eigenvalue weighted by Gasteiger charge is -2.05. The highest BCUT2D eigenvalue weighted by Gasteiger charge is 2.03. The highest BCUT2D eigenvalue weighted by molar-refractivity contribution is 7.98. The average molecular weight is 453 g/mol. The fourth-order valence-electron chi connectivity index (χ4n) is 3.09. The Bertz CT molecular complexity index is 626. The van der Waals surface area contributed by atoms with Gasteiger partial charge in [0.1, 0.15) is 11.5 Å². The van der Waals surface area contributed by atoms with Gasteiger partial charge >= 0.3 is 5.97 Å². The van der Waals surface area contributed by atoms with E-state index in [1.54, 1.807) is 12.5 Å². The number of carbonyl (C=O) groups excluding carboxylic acids is 1. The van der Waals surface area contributed by atoms with Crippen LogP contribution in [0.5, 0.6) is 0 Å². The molecule has 2 aromatic rings. The van der Waals surface area contributed by atoms with Crippen LogP contribution in [0.25, 0.3) is 0 Å². The molecule has 0 aliphatic carbocycles. The Balaban J connectivity index is 1.25. The van der Waals surface area contributed by atoms with Crippen LogP contribution in [0.15, 0.2) is 45.6 Å². The number of esters is 1. The van der Waals surface area contributed by atoms with Gasteiger partial charge in [0.15, 0.2) is 0 Å². The number of furan rings is 2. The average Bonchev–Trinajstić information content (AvgIpc) is 3.45. The molecule has 0 atom stereocenters. The summed E-state index contributed by atoms with van der Waals surface area (Å²) in [5, 5.41) is 0. The minimum absolute atomic E-state index is 0.0434. The molecule has 0 fully saturated rings. The van der Waals surface area contributed by atoms with Crippen LogP contribution in [0, 0.1) is 0 Å². The molecule has 0 radical (unpaired) electrons. The van der Waals surface area contributed by atoms with E-state index in [0.29, 0.717) is 13.0 Å². The number of rotatable bonds is 19. The lowest BCUT2D eigenvalue weighted by atomic mass is 10.1. The second-order valence-electron chi connectivity index (χ2n) is 7.42. The van der Waals surface area contributed by atoms with Gasteiger partial charge in [-0.2, -0.15) is 23.5 Å². The molecule has 0 unspecified atom stereocenters. The molecule has 0 bridgehead atoms. The summed E-state index contributed by atoms with van der Waals surface area (Å²) in [6, 6.07) is 7.88. The maximum Gasteiger partial charge on any atom is 0.305 e. The summed E-state index contributed by atoms with van der Waals surface area (Å²) in [6.45, 7) is 0.532. The van der Waals surface area contributed by atoms with Crippen LogP contribution in [-0.4, -0.2) is 24.1 Å². The van der Waals surface area contributed by atoms with Crippen molar-refractivity contribution in [3.8, 4) is 0 Å². The van der Waals surface area contributed by atoms with Gasteiger partial charge in [0, 0.05) is 6.42 Å². The predicted octanol–water partition coefficient (Wildman–Crippen LogP) is 7.48. The van der Waals surface area contributed by atoms with Gasteiger partial charge in [-0.1, -0.05) is 38.5 Å². The Morgan fingerprint density at radius 3 is 1.83 bits per heavy atom. The van der Waals surface area contributed by atoms with Gasteiger partial charge in [-0.25, -0.2) is 0 Å². The fraction of sp³-hybridized carbons (Fsp3) is 0.625. The Morgan fingerprint density at radius 1 is 0.733 bits per heavy atom. The summed E-state index contributed by atoms with van der Waals surface area (Å²) in [7, 11) is 0. The van der Waals surface area contributed by atoms with Crippen molar-refractivity contribution in [2.45, 2.75) is 75.7 Å². The molecule has 4 nitrogen and oxygen atoms in total. The van der Waals surface area contributed by atoms with Crippen molar-refractivity contribution in [1.82, 2.24) is 0 Å². The zero-order chi connectivity index (χ0) is 21.1. The van der Waals surface area contributed by atoms with Crippen LogP contribution in [0.2, 0.25) is 0 Å². The summed E-state index contributed by atoms with van der Waals surface area (Å²) in [5.41, 5.74) is 0. The number of hydrogen-bond donors (Lipinski definition) is 0. The molecule has 168 valence electrons. The standard InChI is InChI=1S/C24H36O4S2/c25-24(28-17-11-19-30-21-23-13-10-16-27-23)14-7-5-3-1-2-4-6-8-18-29-20-22-12-9-15-26-22/h9-10,12-13,15-16H,1-8,11,14,17-21H2. The summed E-state index contributed by atoms with van der Waals surface area (Å²) >= 11 is 3.76.